The summed E-state index contributed by atoms with van der Waals surface area (Å²) in [6, 6.07) is 1.61. The summed E-state index contributed by atoms with van der Waals surface area (Å²) in [5.41, 5.74) is 11.4. The summed E-state index contributed by atoms with van der Waals surface area (Å²) in [5, 5.41) is 2.03. The van der Waals surface area contributed by atoms with Crippen LogP contribution in [0.2, 0.25) is 5.15 Å². The summed E-state index contributed by atoms with van der Waals surface area (Å²) < 4.78 is 0. The van der Waals surface area contributed by atoms with Gasteiger partial charge in [-0.05, 0) is 18.9 Å². The molecule has 0 bridgehead atoms. The molecular formula is C12H12ClN5O2S. The number of carbonyl (C=O) groups excluding carboxylic acids is 2. The number of amides is 1. The Morgan fingerprint density at radius 1 is 1.29 bits per heavy atom. The molecule has 21 heavy (non-hydrogen) atoms. The average molecular weight is 326 g/mol. The van der Waals surface area contributed by atoms with Crippen molar-refractivity contribution in [3.8, 4) is 0 Å². The van der Waals surface area contributed by atoms with Crippen LogP contribution in [0.1, 0.15) is 38.8 Å². The number of Topliss-reactive ketones (excluding diaryl/α,β-unsaturated/α-hetero) is 1. The third-order valence-electron chi connectivity index (χ3n) is 2.60. The SMILES string of the molecule is NC(=O)c1csc(C(=O)CCCc2cc(Cl)nc(N)n2)n1. The van der Waals surface area contributed by atoms with Crippen LogP contribution in [0.4, 0.5) is 5.95 Å². The van der Waals surface area contributed by atoms with E-state index in [1.54, 1.807) is 6.07 Å². The van der Waals surface area contributed by atoms with Gasteiger partial charge in [-0.3, -0.25) is 9.59 Å². The molecule has 2 aromatic rings. The van der Waals surface area contributed by atoms with Crippen LogP contribution in [0.15, 0.2) is 11.4 Å². The molecule has 2 heterocycles. The Hall–Kier alpha value is -2.06. The summed E-state index contributed by atoms with van der Waals surface area (Å²) in [6.07, 6.45) is 1.40. The van der Waals surface area contributed by atoms with Crippen molar-refractivity contribution in [2.45, 2.75) is 19.3 Å². The predicted molar refractivity (Wildman–Crippen MR) is 79.4 cm³/mol. The van der Waals surface area contributed by atoms with E-state index >= 15 is 0 Å². The highest BCUT2D eigenvalue weighted by Crippen LogP contribution is 2.15. The third-order valence-corrected chi connectivity index (χ3v) is 3.67. The normalized spacial score (nSPS) is 10.5. The van der Waals surface area contributed by atoms with E-state index in [2.05, 4.69) is 15.0 Å². The minimum atomic E-state index is -0.642. The maximum Gasteiger partial charge on any atom is 0.268 e. The minimum absolute atomic E-state index is 0.106. The van der Waals surface area contributed by atoms with Crippen molar-refractivity contribution in [3.05, 3.63) is 33.0 Å². The number of primary amides is 1. The van der Waals surface area contributed by atoms with Crippen LogP contribution in [-0.4, -0.2) is 26.6 Å². The van der Waals surface area contributed by atoms with Crippen molar-refractivity contribution in [1.82, 2.24) is 15.0 Å². The standard InChI is InChI=1S/C12H12ClN5O2S/c13-9-4-6(16-12(15)18-9)2-1-3-8(19)11-17-7(5-21-11)10(14)20/h4-5H,1-3H2,(H2,14,20)(H2,15,16,18). The lowest BCUT2D eigenvalue weighted by Crippen LogP contribution is -2.12. The van der Waals surface area contributed by atoms with Crippen molar-refractivity contribution in [3.63, 3.8) is 0 Å². The Kier molecular flexibility index (Phi) is 4.81. The lowest BCUT2D eigenvalue weighted by atomic mass is 10.1. The molecule has 0 aliphatic rings. The largest absolute Gasteiger partial charge is 0.368 e. The average Bonchev–Trinajstić information content (AvgIpc) is 2.87. The van der Waals surface area contributed by atoms with Crippen molar-refractivity contribution >= 4 is 40.6 Å². The van der Waals surface area contributed by atoms with Gasteiger partial charge in [0.15, 0.2) is 10.8 Å². The number of ketones is 1. The van der Waals surface area contributed by atoms with Gasteiger partial charge in [0.1, 0.15) is 10.8 Å². The zero-order valence-electron chi connectivity index (χ0n) is 10.9. The Balaban J connectivity index is 1.90. The lowest BCUT2D eigenvalue weighted by molar-refractivity contribution is 0.0979. The van der Waals surface area contributed by atoms with E-state index < -0.39 is 5.91 Å². The molecule has 0 saturated heterocycles. The molecule has 1 amide bonds. The van der Waals surface area contributed by atoms with Crippen LogP contribution in [0.25, 0.3) is 0 Å². The van der Waals surface area contributed by atoms with Crippen LogP contribution in [0.3, 0.4) is 0 Å². The highest BCUT2D eigenvalue weighted by molar-refractivity contribution is 7.11. The first-order valence-corrected chi connectivity index (χ1v) is 7.29. The second-order valence-corrected chi connectivity index (χ2v) is 5.46. The number of nitrogens with zero attached hydrogens (tertiary/aromatic N) is 3. The van der Waals surface area contributed by atoms with Crippen LogP contribution in [-0.2, 0) is 6.42 Å². The van der Waals surface area contributed by atoms with E-state index in [0.717, 1.165) is 11.3 Å². The molecule has 0 fully saturated rings. The highest BCUT2D eigenvalue weighted by atomic mass is 35.5. The maximum absolute atomic E-state index is 11.9. The number of halogens is 1. The summed E-state index contributed by atoms with van der Waals surface area (Å²) in [7, 11) is 0. The molecule has 7 nitrogen and oxygen atoms in total. The van der Waals surface area contributed by atoms with Crippen molar-refractivity contribution in [2.75, 3.05) is 5.73 Å². The Bertz CT molecular complexity index is 668. The number of nitrogen functional groups attached to an aromatic ring is 1. The fraction of sp³-hybridized carbons (Fsp3) is 0.250. The van der Waals surface area contributed by atoms with E-state index in [-0.39, 0.29) is 34.0 Å². The molecule has 9 heteroatoms. The molecule has 4 N–H and O–H groups in total. The van der Waals surface area contributed by atoms with E-state index in [1.807, 2.05) is 0 Å². The molecule has 0 aliphatic heterocycles. The Morgan fingerprint density at radius 2 is 2.05 bits per heavy atom. The smallest absolute Gasteiger partial charge is 0.268 e. The number of hydrogen-bond acceptors (Lipinski definition) is 7. The zero-order valence-corrected chi connectivity index (χ0v) is 12.4. The minimum Gasteiger partial charge on any atom is -0.368 e. The summed E-state index contributed by atoms with van der Waals surface area (Å²) >= 11 is 6.88. The maximum atomic E-state index is 11.9. The fourth-order valence-corrected chi connectivity index (χ4v) is 2.65. The first-order chi connectivity index (χ1) is 9.95. The molecule has 2 aromatic heterocycles. The molecule has 0 spiro atoms. The first kappa shape index (κ1) is 15.3. The van der Waals surface area contributed by atoms with E-state index in [0.29, 0.717) is 18.5 Å². The van der Waals surface area contributed by atoms with Crippen molar-refractivity contribution < 1.29 is 9.59 Å². The van der Waals surface area contributed by atoms with Crippen LogP contribution in [0.5, 0.6) is 0 Å². The Labute approximate surface area is 129 Å². The molecule has 0 unspecified atom stereocenters. The third kappa shape index (κ3) is 4.20. The van der Waals surface area contributed by atoms with E-state index in [9.17, 15) is 9.59 Å². The fourth-order valence-electron chi connectivity index (χ4n) is 1.66. The van der Waals surface area contributed by atoms with E-state index in [1.165, 1.54) is 5.38 Å². The molecule has 0 aliphatic carbocycles. The molecule has 2 rings (SSSR count). The van der Waals surface area contributed by atoms with Gasteiger partial charge in [-0.15, -0.1) is 11.3 Å². The molecule has 0 aromatic carbocycles. The number of hydrogen-bond donors (Lipinski definition) is 2. The Morgan fingerprint density at radius 3 is 2.67 bits per heavy atom. The quantitative estimate of drug-likeness (QED) is 0.612. The monoisotopic (exact) mass is 325 g/mol. The number of aryl methyl sites for hydroxylation is 1. The van der Waals surface area contributed by atoms with Crippen molar-refractivity contribution in [1.29, 1.82) is 0 Å². The number of rotatable bonds is 6. The first-order valence-electron chi connectivity index (χ1n) is 6.03. The van der Waals surface area contributed by atoms with Crippen LogP contribution in [0, 0.1) is 0 Å². The molecular weight excluding hydrogens is 314 g/mol. The van der Waals surface area contributed by atoms with Gasteiger partial charge in [-0.1, -0.05) is 11.6 Å². The molecule has 0 saturated carbocycles. The van der Waals surface area contributed by atoms with Gasteiger partial charge >= 0.3 is 0 Å². The number of anilines is 1. The lowest BCUT2D eigenvalue weighted by Gasteiger charge is -2.01. The van der Waals surface area contributed by atoms with Gasteiger partial charge in [-0.2, -0.15) is 0 Å². The van der Waals surface area contributed by atoms with Crippen LogP contribution < -0.4 is 11.5 Å². The zero-order chi connectivity index (χ0) is 15.4. The predicted octanol–water partition coefficient (Wildman–Crippen LogP) is 1.47. The number of thiazole rings is 1. The molecule has 110 valence electrons. The van der Waals surface area contributed by atoms with Gasteiger partial charge < -0.3 is 11.5 Å². The number of carbonyl (C=O) groups is 2. The van der Waals surface area contributed by atoms with Gasteiger partial charge in [-0.25, -0.2) is 15.0 Å². The van der Waals surface area contributed by atoms with Gasteiger partial charge in [0, 0.05) is 17.5 Å². The molecule has 0 radical (unpaired) electrons. The highest BCUT2D eigenvalue weighted by Gasteiger charge is 2.13. The van der Waals surface area contributed by atoms with Crippen LogP contribution >= 0.6 is 22.9 Å². The summed E-state index contributed by atoms with van der Waals surface area (Å²) in [5.74, 6) is -0.674. The topological polar surface area (TPSA) is 125 Å². The number of nitrogens with two attached hydrogens (primary N) is 2. The second-order valence-electron chi connectivity index (χ2n) is 4.22. The van der Waals surface area contributed by atoms with Gasteiger partial charge in [0.25, 0.3) is 5.91 Å². The number of aromatic nitrogens is 3. The molecule has 0 atom stereocenters. The van der Waals surface area contributed by atoms with Crippen molar-refractivity contribution in [2.24, 2.45) is 5.73 Å². The summed E-state index contributed by atoms with van der Waals surface area (Å²) in [6.45, 7) is 0. The van der Waals surface area contributed by atoms with E-state index in [4.69, 9.17) is 23.1 Å². The van der Waals surface area contributed by atoms with Gasteiger partial charge in [0.2, 0.25) is 5.95 Å². The van der Waals surface area contributed by atoms with Gasteiger partial charge in [0.05, 0.1) is 0 Å². The second kappa shape index (κ2) is 6.59. The summed E-state index contributed by atoms with van der Waals surface area (Å²) in [4.78, 5) is 34.5.